The first-order valence-corrected chi connectivity index (χ1v) is 14.2. The van der Waals surface area contributed by atoms with Crippen LogP contribution in [-0.2, 0) is 27.2 Å². The molecule has 5 rings (SSSR count). The minimum Gasteiger partial charge on any atom is -0.497 e. The Bertz CT molecular complexity index is 1530. The van der Waals surface area contributed by atoms with Gasteiger partial charge in [-0.15, -0.1) is 13.2 Å². The zero-order chi connectivity index (χ0) is 31.6. The van der Waals surface area contributed by atoms with Crippen LogP contribution in [-0.4, -0.2) is 50.2 Å². The molecule has 1 heterocycles. The second-order valence-electron chi connectivity index (χ2n) is 10.6. The summed E-state index contributed by atoms with van der Waals surface area (Å²) in [6, 6.07) is 13.3. The highest BCUT2D eigenvalue weighted by Crippen LogP contribution is 2.40. The number of rotatable bonds is 12. The Labute approximate surface area is 255 Å². The van der Waals surface area contributed by atoms with Crippen LogP contribution in [0, 0.1) is 17.7 Å². The normalized spacial score (nSPS) is 18.0. The van der Waals surface area contributed by atoms with Crippen molar-refractivity contribution in [3.63, 3.8) is 0 Å². The first-order valence-electron chi connectivity index (χ1n) is 13.8. The van der Waals surface area contributed by atoms with E-state index in [1.54, 1.807) is 42.5 Å². The van der Waals surface area contributed by atoms with Gasteiger partial charge in [0.2, 0.25) is 0 Å². The van der Waals surface area contributed by atoms with Gasteiger partial charge < -0.3 is 24.8 Å². The molecule has 0 bridgehead atoms. The molecule has 1 fully saturated rings. The van der Waals surface area contributed by atoms with Crippen LogP contribution in [0.25, 0.3) is 0 Å². The largest absolute Gasteiger partial charge is 0.522 e. The summed E-state index contributed by atoms with van der Waals surface area (Å²) in [4.78, 5) is 26.8. The average Bonchev–Trinajstić information content (AvgIpc) is 3.66. The molecule has 3 aromatic rings. The van der Waals surface area contributed by atoms with E-state index >= 15 is 0 Å². The molecule has 3 aromatic carbocycles. The Hall–Kier alpha value is -4.03. The van der Waals surface area contributed by atoms with E-state index < -0.39 is 36.7 Å². The second kappa shape index (κ2) is 12.9. The molecule has 8 nitrogen and oxygen atoms in total. The number of fused-ring (bicyclic) bond motifs is 1. The Morgan fingerprint density at radius 3 is 2.50 bits per heavy atom. The molecule has 1 aliphatic carbocycles. The van der Waals surface area contributed by atoms with Crippen LogP contribution in [0.3, 0.4) is 0 Å². The molecule has 2 aliphatic rings. The molecule has 44 heavy (non-hydrogen) atoms. The van der Waals surface area contributed by atoms with Crippen molar-refractivity contribution in [2.75, 3.05) is 37.1 Å². The summed E-state index contributed by atoms with van der Waals surface area (Å²) in [6.45, 7) is -0.318. The summed E-state index contributed by atoms with van der Waals surface area (Å²) in [7, 11) is 1.48. The number of hydrogen-bond acceptors (Lipinski definition) is 6. The van der Waals surface area contributed by atoms with Crippen LogP contribution in [0.4, 0.5) is 28.9 Å². The van der Waals surface area contributed by atoms with Gasteiger partial charge in [-0.25, -0.2) is 4.39 Å². The van der Waals surface area contributed by atoms with Gasteiger partial charge in [0.25, 0.3) is 5.91 Å². The molecule has 0 spiro atoms. The number of alkyl halides is 3. The van der Waals surface area contributed by atoms with Crippen molar-refractivity contribution in [3.8, 4) is 11.5 Å². The van der Waals surface area contributed by atoms with Crippen molar-refractivity contribution in [1.29, 1.82) is 0 Å². The minimum atomic E-state index is -4.84. The maximum atomic E-state index is 14.7. The molecule has 0 saturated heterocycles. The molecule has 0 radical (unpaired) electrons. The van der Waals surface area contributed by atoms with Gasteiger partial charge in [-0.3, -0.25) is 14.3 Å². The molecular weight excluding hydrogens is 608 g/mol. The summed E-state index contributed by atoms with van der Waals surface area (Å²) in [5.74, 6) is -1.58. The zero-order valence-corrected chi connectivity index (χ0v) is 24.3. The van der Waals surface area contributed by atoms with E-state index in [0.717, 1.165) is 0 Å². The van der Waals surface area contributed by atoms with Crippen molar-refractivity contribution in [2.45, 2.75) is 31.7 Å². The van der Waals surface area contributed by atoms with Crippen molar-refractivity contribution in [3.05, 3.63) is 82.1 Å². The van der Waals surface area contributed by atoms with E-state index in [1.807, 2.05) is 0 Å². The lowest BCUT2D eigenvalue weighted by Crippen LogP contribution is -2.37. The number of carbonyl (C=O) groups excluding carboxylic acids is 1. The lowest BCUT2D eigenvalue weighted by Gasteiger charge is -2.27. The fourth-order valence-corrected chi connectivity index (χ4v) is 5.33. The number of ether oxygens (including phenoxy) is 3. The molecule has 1 saturated carbocycles. The molecule has 3 unspecified atom stereocenters. The monoisotopic (exact) mass is 636 g/mol. The van der Waals surface area contributed by atoms with Gasteiger partial charge in [-0.2, -0.15) is 0 Å². The van der Waals surface area contributed by atoms with Crippen molar-refractivity contribution in [1.82, 2.24) is 0 Å². The Morgan fingerprint density at radius 1 is 1.11 bits per heavy atom. The van der Waals surface area contributed by atoms with Crippen LogP contribution < -0.4 is 19.7 Å². The highest BCUT2D eigenvalue weighted by atomic mass is 35.5. The number of aliphatic carboxylic acids is 1. The predicted octanol–water partition coefficient (Wildman–Crippen LogP) is 6.41. The molecule has 3 atom stereocenters. The first-order chi connectivity index (χ1) is 20.9. The van der Waals surface area contributed by atoms with E-state index in [1.165, 1.54) is 24.1 Å². The van der Waals surface area contributed by atoms with Crippen LogP contribution in [0.2, 0.25) is 5.02 Å². The van der Waals surface area contributed by atoms with Gasteiger partial charge in [-0.05, 0) is 60.2 Å². The van der Waals surface area contributed by atoms with Crippen LogP contribution in [0.1, 0.15) is 29.2 Å². The number of halogens is 5. The van der Waals surface area contributed by atoms with Gasteiger partial charge in [-0.1, -0.05) is 23.7 Å². The predicted molar refractivity (Wildman–Crippen MR) is 154 cm³/mol. The van der Waals surface area contributed by atoms with E-state index in [9.17, 15) is 32.3 Å². The molecule has 13 heteroatoms. The summed E-state index contributed by atoms with van der Waals surface area (Å²) in [6.07, 6.45) is -4.27. The topological polar surface area (TPSA) is 97.3 Å². The first kappa shape index (κ1) is 31.4. The molecule has 0 aromatic heterocycles. The summed E-state index contributed by atoms with van der Waals surface area (Å²) >= 11 is 6.11. The Morgan fingerprint density at radius 2 is 1.84 bits per heavy atom. The maximum absolute atomic E-state index is 14.7. The number of carboxylic acids is 1. The van der Waals surface area contributed by atoms with Crippen LogP contribution >= 0.6 is 11.6 Å². The number of hydrogen-bond donors (Lipinski definition) is 2. The number of nitrogens with one attached hydrogen (secondary N) is 1. The van der Waals surface area contributed by atoms with E-state index in [4.69, 9.17) is 21.1 Å². The lowest BCUT2D eigenvalue weighted by atomic mass is 10.0. The average molecular weight is 637 g/mol. The fourth-order valence-electron chi connectivity index (χ4n) is 5.21. The van der Waals surface area contributed by atoms with Gasteiger partial charge in [0, 0.05) is 47.1 Å². The summed E-state index contributed by atoms with van der Waals surface area (Å²) < 4.78 is 67.3. The summed E-state index contributed by atoms with van der Waals surface area (Å²) in [5, 5.41) is 12.9. The minimum absolute atomic E-state index is 0.000844. The molecule has 2 N–H and O–H groups in total. The lowest BCUT2D eigenvalue weighted by molar-refractivity contribution is -0.324. The third-order valence-electron chi connectivity index (χ3n) is 7.63. The summed E-state index contributed by atoms with van der Waals surface area (Å²) in [5.41, 5.74) is 2.01. The highest BCUT2D eigenvalue weighted by molar-refractivity contribution is 6.30. The zero-order valence-electron chi connectivity index (χ0n) is 23.5. The van der Waals surface area contributed by atoms with Gasteiger partial charge >= 0.3 is 12.3 Å². The van der Waals surface area contributed by atoms with Crippen molar-refractivity contribution >= 4 is 34.9 Å². The molecule has 234 valence electrons. The number of nitrogens with zero attached hydrogens (tertiary/aromatic N) is 1. The number of benzene rings is 3. The van der Waals surface area contributed by atoms with E-state index in [2.05, 4.69) is 10.1 Å². The van der Waals surface area contributed by atoms with E-state index in [0.29, 0.717) is 51.9 Å². The van der Waals surface area contributed by atoms with Gasteiger partial charge in [0.05, 0.1) is 26.2 Å². The number of carboxylic acid groups (broad SMARTS) is 1. The maximum Gasteiger partial charge on any atom is 0.522 e. The number of methoxy groups -OCH3 is 1. The number of carbonyl (C=O) groups is 2. The molecule has 1 amide bonds. The van der Waals surface area contributed by atoms with Gasteiger partial charge in [0.1, 0.15) is 23.4 Å². The van der Waals surface area contributed by atoms with Crippen molar-refractivity contribution < 1.29 is 46.5 Å². The van der Waals surface area contributed by atoms with Crippen LogP contribution in [0.5, 0.6) is 11.5 Å². The number of anilines is 2. The van der Waals surface area contributed by atoms with Crippen molar-refractivity contribution in [2.24, 2.45) is 11.8 Å². The van der Waals surface area contributed by atoms with E-state index in [-0.39, 0.29) is 37.0 Å². The quantitative estimate of drug-likeness (QED) is 0.222. The molecular formula is C31H29ClF4N2O6. The fraction of sp³-hybridized carbons (Fsp3) is 0.355. The molecule has 1 aliphatic heterocycles. The Balaban J connectivity index is 1.40. The van der Waals surface area contributed by atoms with Gasteiger partial charge in [0.15, 0.2) is 0 Å². The number of amides is 1. The standard InChI is InChI=1S/C31H29ClF4N2O6/c1-42-23-13-22(14-24(15-23)43-16-20-10-25(20)30(40)41)37-28(17-2-4-21(32)5-3-17)29(39)38-8-6-19-11-26(33)18(12-27(19)38)7-9-44-31(34,35)36/h2-5,11-15,20,25,28,37H,6-10,16H2,1H3,(H,40,41). The smallest absolute Gasteiger partial charge is 0.497 e. The SMILES string of the molecule is COc1cc(NC(C(=O)N2CCc3cc(F)c(CCOC(F)(F)F)cc32)c2ccc(Cl)cc2)cc(OCC2CC2C(=O)O)c1. The second-order valence-corrected chi connectivity index (χ2v) is 11.1. The van der Waals surface area contributed by atoms with Crippen LogP contribution in [0.15, 0.2) is 54.6 Å². The highest BCUT2D eigenvalue weighted by Gasteiger charge is 2.43. The Kier molecular flexibility index (Phi) is 9.21. The third-order valence-corrected chi connectivity index (χ3v) is 7.88. The third kappa shape index (κ3) is 7.54.